The summed E-state index contributed by atoms with van der Waals surface area (Å²) in [5, 5.41) is 6.77. The van der Waals surface area contributed by atoms with Crippen LogP contribution in [0.15, 0.2) is 29.3 Å². The number of nitrogens with zero attached hydrogens (tertiary/aromatic N) is 3. The van der Waals surface area contributed by atoms with Crippen LogP contribution in [0, 0.1) is 0 Å². The molecular weight excluding hydrogens is 338 g/mol. The van der Waals surface area contributed by atoms with E-state index in [1.807, 2.05) is 17.0 Å². The van der Waals surface area contributed by atoms with Crippen LogP contribution in [0.25, 0.3) is 0 Å². The summed E-state index contributed by atoms with van der Waals surface area (Å²) in [7, 11) is 4.03. The van der Waals surface area contributed by atoms with Crippen LogP contribution in [0.1, 0.15) is 44.1 Å². The Morgan fingerprint density at radius 1 is 1.19 bits per heavy atom. The molecule has 6 nitrogen and oxygen atoms in total. The van der Waals surface area contributed by atoms with E-state index < -0.39 is 0 Å². The molecule has 3 rings (SSSR count). The molecule has 2 aliphatic rings. The Kier molecular flexibility index (Phi) is 7.10. The quantitative estimate of drug-likeness (QED) is 0.571. The minimum Gasteiger partial charge on any atom is -0.355 e. The van der Waals surface area contributed by atoms with E-state index in [4.69, 9.17) is 0 Å². The molecule has 1 saturated carbocycles. The molecule has 1 heterocycles. The van der Waals surface area contributed by atoms with Crippen LogP contribution in [-0.4, -0.2) is 56.5 Å². The van der Waals surface area contributed by atoms with Crippen molar-refractivity contribution in [1.82, 2.24) is 15.5 Å². The summed E-state index contributed by atoms with van der Waals surface area (Å²) in [4.78, 5) is 20.5. The second-order valence-electron chi connectivity index (χ2n) is 7.59. The third-order valence-corrected chi connectivity index (χ3v) is 5.71. The zero-order chi connectivity index (χ0) is 19.1. The fraction of sp³-hybridized carbons (Fsp3) is 0.619. The average Bonchev–Trinajstić information content (AvgIpc) is 3.36. The molecule has 1 aromatic rings. The Morgan fingerprint density at radius 2 is 1.93 bits per heavy atom. The maximum Gasteiger partial charge on any atom is 0.227 e. The highest BCUT2D eigenvalue weighted by molar-refractivity contribution is 5.95. The lowest BCUT2D eigenvalue weighted by Gasteiger charge is -2.24. The second-order valence-corrected chi connectivity index (χ2v) is 7.59. The van der Waals surface area contributed by atoms with E-state index in [0.29, 0.717) is 13.0 Å². The van der Waals surface area contributed by atoms with Crippen molar-refractivity contribution in [2.75, 3.05) is 38.6 Å². The Hall–Kier alpha value is -2.08. The first-order valence-electron chi connectivity index (χ1n) is 10.2. The summed E-state index contributed by atoms with van der Waals surface area (Å²) in [6.07, 6.45) is 7.04. The molecule has 0 unspecified atom stereocenters. The van der Waals surface area contributed by atoms with Gasteiger partial charge in [0.05, 0.1) is 0 Å². The van der Waals surface area contributed by atoms with Crippen molar-refractivity contribution in [3.05, 3.63) is 29.8 Å². The number of aliphatic imine (C=N–C) groups is 1. The van der Waals surface area contributed by atoms with Crippen molar-refractivity contribution in [2.24, 2.45) is 4.99 Å². The Morgan fingerprint density at radius 3 is 2.56 bits per heavy atom. The molecule has 1 aliphatic heterocycles. The van der Waals surface area contributed by atoms with Crippen LogP contribution in [0.5, 0.6) is 0 Å². The second kappa shape index (κ2) is 9.74. The van der Waals surface area contributed by atoms with Gasteiger partial charge in [-0.25, -0.2) is 0 Å². The summed E-state index contributed by atoms with van der Waals surface area (Å²) in [5.41, 5.74) is 2.18. The molecule has 0 aromatic heterocycles. The van der Waals surface area contributed by atoms with Gasteiger partial charge in [-0.1, -0.05) is 25.0 Å². The van der Waals surface area contributed by atoms with Gasteiger partial charge < -0.3 is 20.4 Å². The molecule has 1 aliphatic carbocycles. The molecule has 1 aromatic carbocycles. The van der Waals surface area contributed by atoms with Gasteiger partial charge in [0.2, 0.25) is 5.91 Å². The monoisotopic (exact) mass is 371 g/mol. The van der Waals surface area contributed by atoms with Gasteiger partial charge in [-0.15, -0.1) is 0 Å². The summed E-state index contributed by atoms with van der Waals surface area (Å²) in [6.45, 7) is 3.47. The molecule has 2 N–H and O–H groups in total. The molecule has 0 spiro atoms. The van der Waals surface area contributed by atoms with Gasteiger partial charge in [-0.05, 0) is 44.0 Å². The molecule has 0 radical (unpaired) electrons. The minimum atomic E-state index is 0.230. The van der Waals surface area contributed by atoms with Crippen molar-refractivity contribution in [1.29, 1.82) is 0 Å². The Bertz CT molecular complexity index is 636. The highest BCUT2D eigenvalue weighted by Gasteiger charge is 2.21. The van der Waals surface area contributed by atoms with E-state index >= 15 is 0 Å². The predicted molar refractivity (Wildman–Crippen MR) is 111 cm³/mol. The Balaban J connectivity index is 1.40. The number of carbonyl (C=O) groups excluding carboxylic acids is 1. The number of nitrogens with one attached hydrogen (secondary N) is 2. The van der Waals surface area contributed by atoms with Crippen molar-refractivity contribution in [3.8, 4) is 0 Å². The zero-order valence-electron chi connectivity index (χ0n) is 16.7. The molecule has 1 amide bonds. The van der Waals surface area contributed by atoms with Gasteiger partial charge >= 0.3 is 0 Å². The van der Waals surface area contributed by atoms with E-state index in [9.17, 15) is 4.79 Å². The molecule has 148 valence electrons. The molecular formula is C21H33N5O. The van der Waals surface area contributed by atoms with Crippen LogP contribution < -0.4 is 15.5 Å². The summed E-state index contributed by atoms with van der Waals surface area (Å²) < 4.78 is 0. The first-order chi connectivity index (χ1) is 13.2. The fourth-order valence-corrected chi connectivity index (χ4v) is 4.00. The zero-order valence-corrected chi connectivity index (χ0v) is 16.7. The van der Waals surface area contributed by atoms with E-state index in [0.717, 1.165) is 43.7 Å². The SMILES string of the molecule is CN=C(NCCN(C)C1CCCC1)NCc1ccc(N2CCCC2=O)cc1. The lowest BCUT2D eigenvalue weighted by Crippen LogP contribution is -2.42. The first-order valence-corrected chi connectivity index (χ1v) is 10.2. The number of benzene rings is 1. The lowest BCUT2D eigenvalue weighted by atomic mass is 10.2. The van der Waals surface area contributed by atoms with Gasteiger partial charge in [0.1, 0.15) is 0 Å². The summed E-state index contributed by atoms with van der Waals surface area (Å²) in [5.74, 6) is 1.06. The molecule has 6 heteroatoms. The molecule has 1 saturated heterocycles. The van der Waals surface area contributed by atoms with E-state index in [2.05, 4.69) is 39.7 Å². The van der Waals surface area contributed by atoms with Crippen LogP contribution in [0.2, 0.25) is 0 Å². The molecule has 0 bridgehead atoms. The number of hydrogen-bond acceptors (Lipinski definition) is 3. The van der Waals surface area contributed by atoms with Gasteiger partial charge in [-0.2, -0.15) is 0 Å². The minimum absolute atomic E-state index is 0.230. The van der Waals surface area contributed by atoms with Gasteiger partial charge in [-0.3, -0.25) is 9.79 Å². The Labute approximate surface area is 163 Å². The van der Waals surface area contributed by atoms with Gasteiger partial charge in [0.25, 0.3) is 0 Å². The average molecular weight is 372 g/mol. The molecule has 0 atom stereocenters. The summed E-state index contributed by atoms with van der Waals surface area (Å²) in [6, 6.07) is 8.98. The van der Waals surface area contributed by atoms with Crippen molar-refractivity contribution >= 4 is 17.6 Å². The van der Waals surface area contributed by atoms with Crippen molar-refractivity contribution in [2.45, 2.75) is 51.1 Å². The molecule has 2 fully saturated rings. The van der Waals surface area contributed by atoms with E-state index in [1.54, 1.807) is 7.05 Å². The highest BCUT2D eigenvalue weighted by Crippen LogP contribution is 2.22. The van der Waals surface area contributed by atoms with Gasteiger partial charge in [0.15, 0.2) is 5.96 Å². The van der Waals surface area contributed by atoms with E-state index in [1.165, 1.54) is 31.2 Å². The lowest BCUT2D eigenvalue weighted by molar-refractivity contribution is -0.117. The van der Waals surface area contributed by atoms with Crippen LogP contribution >= 0.6 is 0 Å². The smallest absolute Gasteiger partial charge is 0.227 e. The predicted octanol–water partition coefficient (Wildman–Crippen LogP) is 2.35. The maximum atomic E-state index is 11.8. The van der Waals surface area contributed by atoms with Crippen LogP contribution in [-0.2, 0) is 11.3 Å². The topological polar surface area (TPSA) is 60.0 Å². The maximum absolute atomic E-state index is 11.8. The number of likely N-dealkylation sites (N-methyl/N-ethyl adjacent to an activating group) is 1. The first kappa shape index (κ1) is 19.7. The standard InChI is InChI=1S/C21H33N5O/c1-22-21(23-13-15-25(2)18-6-3-4-7-18)24-16-17-9-11-19(12-10-17)26-14-5-8-20(26)27/h9-12,18H,3-8,13-16H2,1-2H3,(H2,22,23,24). The number of amides is 1. The molecule has 27 heavy (non-hydrogen) atoms. The third kappa shape index (κ3) is 5.45. The number of rotatable bonds is 7. The van der Waals surface area contributed by atoms with E-state index in [-0.39, 0.29) is 5.91 Å². The summed E-state index contributed by atoms with van der Waals surface area (Å²) >= 11 is 0. The number of anilines is 1. The fourth-order valence-electron chi connectivity index (χ4n) is 4.00. The van der Waals surface area contributed by atoms with Crippen LogP contribution in [0.4, 0.5) is 5.69 Å². The number of guanidine groups is 1. The normalized spacial score (nSPS) is 18.6. The van der Waals surface area contributed by atoms with Crippen molar-refractivity contribution < 1.29 is 4.79 Å². The third-order valence-electron chi connectivity index (χ3n) is 5.71. The highest BCUT2D eigenvalue weighted by atomic mass is 16.2. The van der Waals surface area contributed by atoms with Gasteiger partial charge in [0, 0.05) is 51.4 Å². The number of carbonyl (C=O) groups is 1. The van der Waals surface area contributed by atoms with Crippen molar-refractivity contribution in [3.63, 3.8) is 0 Å². The van der Waals surface area contributed by atoms with Crippen LogP contribution in [0.3, 0.4) is 0 Å². The largest absolute Gasteiger partial charge is 0.355 e. The number of hydrogen-bond donors (Lipinski definition) is 2.